The van der Waals surface area contributed by atoms with Gasteiger partial charge in [0.2, 0.25) is 0 Å². The van der Waals surface area contributed by atoms with Gasteiger partial charge in [-0.1, -0.05) is 28.1 Å². The van der Waals surface area contributed by atoms with Gasteiger partial charge in [0.25, 0.3) is 0 Å². The number of hydrogen-bond donors (Lipinski definition) is 0. The number of benzene rings is 2. The van der Waals surface area contributed by atoms with Gasteiger partial charge in [0.05, 0.1) is 5.69 Å². The van der Waals surface area contributed by atoms with Gasteiger partial charge in [-0.2, -0.15) is 0 Å². The summed E-state index contributed by atoms with van der Waals surface area (Å²) in [5.74, 6) is -0.182. The normalized spacial score (nSPS) is 13.7. The summed E-state index contributed by atoms with van der Waals surface area (Å²) in [5.41, 5.74) is 4.49. The third-order valence-electron chi connectivity index (χ3n) is 3.40. The fraction of sp³-hybridized carbons (Fsp3) is 0.200. The predicted octanol–water partition coefficient (Wildman–Crippen LogP) is 5.18. The molecule has 4 heteroatoms. The van der Waals surface area contributed by atoms with Crippen molar-refractivity contribution in [2.75, 3.05) is 11.4 Å². The van der Waals surface area contributed by atoms with Gasteiger partial charge in [0.1, 0.15) is 5.82 Å². The van der Waals surface area contributed by atoms with E-state index in [-0.39, 0.29) is 5.82 Å². The van der Waals surface area contributed by atoms with Crippen LogP contribution in [0.5, 0.6) is 0 Å². The summed E-state index contributed by atoms with van der Waals surface area (Å²) in [6.07, 6.45) is 0.961. The largest absolute Gasteiger partial charge is 0.340 e. The Bertz CT molecular complexity index is 628. The molecule has 0 saturated heterocycles. The van der Waals surface area contributed by atoms with E-state index in [1.54, 1.807) is 6.07 Å². The minimum Gasteiger partial charge on any atom is -0.340 e. The standard InChI is InChI=1S/C15H12Br2FN/c16-9-10-1-4-14(13(17)7-10)19-6-5-11-2-3-12(18)8-15(11)19/h1-4,7-8H,5-6,9H2. The van der Waals surface area contributed by atoms with Crippen LogP contribution in [0.25, 0.3) is 0 Å². The highest BCUT2D eigenvalue weighted by molar-refractivity contribution is 9.10. The summed E-state index contributed by atoms with van der Waals surface area (Å²) in [7, 11) is 0. The number of nitrogens with zero attached hydrogens (tertiary/aromatic N) is 1. The van der Waals surface area contributed by atoms with E-state index in [2.05, 4.69) is 55.0 Å². The molecule has 2 aromatic rings. The molecule has 2 aromatic carbocycles. The number of hydrogen-bond acceptors (Lipinski definition) is 1. The Hall–Kier alpha value is -0.870. The second-order valence-electron chi connectivity index (χ2n) is 4.59. The zero-order valence-corrected chi connectivity index (χ0v) is 13.3. The summed E-state index contributed by atoms with van der Waals surface area (Å²) in [5, 5.41) is 0.830. The molecule has 0 aliphatic carbocycles. The lowest BCUT2D eigenvalue weighted by molar-refractivity contribution is 0.628. The number of halogens is 3. The van der Waals surface area contributed by atoms with Crippen molar-refractivity contribution >= 4 is 43.2 Å². The molecule has 0 amide bonds. The van der Waals surface area contributed by atoms with Crippen molar-refractivity contribution in [3.05, 3.63) is 57.8 Å². The van der Waals surface area contributed by atoms with Gasteiger partial charge in [0, 0.05) is 22.0 Å². The van der Waals surface area contributed by atoms with Gasteiger partial charge in [-0.15, -0.1) is 0 Å². The van der Waals surface area contributed by atoms with Crippen LogP contribution in [0.2, 0.25) is 0 Å². The van der Waals surface area contributed by atoms with Crippen molar-refractivity contribution < 1.29 is 4.39 Å². The average Bonchev–Trinajstić information content (AvgIpc) is 2.81. The third kappa shape index (κ3) is 2.43. The van der Waals surface area contributed by atoms with Crippen molar-refractivity contribution in [1.29, 1.82) is 0 Å². The molecule has 98 valence electrons. The number of anilines is 2. The summed E-state index contributed by atoms with van der Waals surface area (Å²) < 4.78 is 14.5. The Balaban J connectivity index is 2.04. The Labute approximate surface area is 128 Å². The first kappa shape index (κ1) is 13.1. The van der Waals surface area contributed by atoms with Crippen LogP contribution in [0.4, 0.5) is 15.8 Å². The lowest BCUT2D eigenvalue weighted by Crippen LogP contribution is -2.14. The summed E-state index contributed by atoms with van der Waals surface area (Å²) in [4.78, 5) is 2.17. The maximum absolute atomic E-state index is 13.4. The van der Waals surface area contributed by atoms with E-state index in [0.717, 1.165) is 34.1 Å². The van der Waals surface area contributed by atoms with E-state index in [4.69, 9.17) is 0 Å². The summed E-state index contributed by atoms with van der Waals surface area (Å²) >= 11 is 7.06. The third-order valence-corrected chi connectivity index (χ3v) is 4.68. The second-order valence-corrected chi connectivity index (χ2v) is 6.01. The molecule has 0 N–H and O–H groups in total. The molecule has 0 fully saturated rings. The molecule has 3 rings (SSSR count). The van der Waals surface area contributed by atoms with Gasteiger partial charge >= 0.3 is 0 Å². The van der Waals surface area contributed by atoms with Crippen LogP contribution in [0.1, 0.15) is 11.1 Å². The first-order valence-electron chi connectivity index (χ1n) is 6.09. The van der Waals surface area contributed by atoms with Gasteiger partial charge in [-0.25, -0.2) is 4.39 Å². The lowest BCUT2D eigenvalue weighted by Gasteiger charge is -2.21. The first-order chi connectivity index (χ1) is 9.19. The molecule has 1 nitrogen and oxygen atoms in total. The van der Waals surface area contributed by atoms with Crippen LogP contribution in [-0.4, -0.2) is 6.54 Å². The second kappa shape index (κ2) is 5.25. The summed E-state index contributed by atoms with van der Waals surface area (Å²) in [6, 6.07) is 11.3. The molecule has 0 aromatic heterocycles. The Morgan fingerprint density at radius 1 is 1.11 bits per heavy atom. The first-order valence-corrected chi connectivity index (χ1v) is 8.01. The van der Waals surface area contributed by atoms with Crippen molar-refractivity contribution in [2.24, 2.45) is 0 Å². The molecule has 0 atom stereocenters. The van der Waals surface area contributed by atoms with Gasteiger partial charge in [-0.05, 0) is 57.7 Å². The minimum absolute atomic E-state index is 0.182. The van der Waals surface area contributed by atoms with Crippen LogP contribution < -0.4 is 4.90 Å². The molecular weight excluding hydrogens is 373 g/mol. The Kier molecular flexibility index (Phi) is 3.63. The number of fused-ring (bicyclic) bond motifs is 1. The molecular formula is C15H12Br2FN. The molecule has 1 heterocycles. The zero-order valence-electron chi connectivity index (χ0n) is 10.2. The van der Waals surface area contributed by atoms with Crippen molar-refractivity contribution in [3.63, 3.8) is 0 Å². The van der Waals surface area contributed by atoms with Crippen LogP contribution in [-0.2, 0) is 11.8 Å². The van der Waals surface area contributed by atoms with Crippen molar-refractivity contribution in [1.82, 2.24) is 0 Å². The maximum atomic E-state index is 13.4. The van der Waals surface area contributed by atoms with Gasteiger partial charge < -0.3 is 4.90 Å². The Morgan fingerprint density at radius 2 is 1.95 bits per heavy atom. The van der Waals surface area contributed by atoms with Crippen molar-refractivity contribution in [2.45, 2.75) is 11.8 Å². The number of alkyl halides is 1. The van der Waals surface area contributed by atoms with E-state index in [0.29, 0.717) is 0 Å². The Morgan fingerprint density at radius 3 is 2.68 bits per heavy atom. The molecule has 1 aliphatic rings. The molecule has 0 spiro atoms. The lowest BCUT2D eigenvalue weighted by atomic mass is 10.1. The van der Waals surface area contributed by atoms with Crippen LogP contribution >= 0.6 is 31.9 Å². The molecule has 0 unspecified atom stereocenters. The fourth-order valence-corrected chi connectivity index (χ4v) is 3.44. The van der Waals surface area contributed by atoms with Crippen LogP contribution in [0, 0.1) is 5.82 Å². The van der Waals surface area contributed by atoms with Crippen LogP contribution in [0.3, 0.4) is 0 Å². The predicted molar refractivity (Wildman–Crippen MR) is 83.9 cm³/mol. The highest BCUT2D eigenvalue weighted by atomic mass is 79.9. The van der Waals surface area contributed by atoms with E-state index in [9.17, 15) is 4.39 Å². The minimum atomic E-state index is -0.182. The molecule has 1 aliphatic heterocycles. The van der Waals surface area contributed by atoms with Crippen LogP contribution in [0.15, 0.2) is 40.9 Å². The van der Waals surface area contributed by atoms with E-state index >= 15 is 0 Å². The van der Waals surface area contributed by atoms with E-state index in [1.807, 2.05) is 6.07 Å². The zero-order chi connectivity index (χ0) is 13.4. The highest BCUT2D eigenvalue weighted by Gasteiger charge is 2.22. The van der Waals surface area contributed by atoms with Crippen molar-refractivity contribution in [3.8, 4) is 0 Å². The molecule has 0 radical (unpaired) electrons. The van der Waals surface area contributed by atoms with E-state index in [1.165, 1.54) is 17.2 Å². The highest BCUT2D eigenvalue weighted by Crippen LogP contribution is 2.39. The topological polar surface area (TPSA) is 3.24 Å². The fourth-order valence-electron chi connectivity index (χ4n) is 2.46. The van der Waals surface area contributed by atoms with Gasteiger partial charge in [-0.3, -0.25) is 0 Å². The van der Waals surface area contributed by atoms with Gasteiger partial charge in [0.15, 0.2) is 0 Å². The maximum Gasteiger partial charge on any atom is 0.125 e. The van der Waals surface area contributed by atoms with E-state index < -0.39 is 0 Å². The smallest absolute Gasteiger partial charge is 0.125 e. The molecule has 0 bridgehead atoms. The number of rotatable bonds is 2. The molecule has 0 saturated carbocycles. The SMILES string of the molecule is Fc1ccc2c(c1)N(c1ccc(CBr)cc1Br)CC2. The summed E-state index contributed by atoms with van der Waals surface area (Å²) in [6.45, 7) is 0.894. The average molecular weight is 385 g/mol. The monoisotopic (exact) mass is 383 g/mol. The molecule has 19 heavy (non-hydrogen) atoms. The quantitative estimate of drug-likeness (QED) is 0.645.